The van der Waals surface area contributed by atoms with Gasteiger partial charge in [0.05, 0.1) is 10.4 Å². The van der Waals surface area contributed by atoms with Crippen molar-refractivity contribution in [2.24, 2.45) is 0 Å². The van der Waals surface area contributed by atoms with Gasteiger partial charge in [0.2, 0.25) is 0 Å². The van der Waals surface area contributed by atoms with Gasteiger partial charge in [-0.25, -0.2) is 0 Å². The topological polar surface area (TPSA) is 29.9 Å². The molecule has 5 heteroatoms. The number of aromatic nitrogens is 2. The van der Waals surface area contributed by atoms with Gasteiger partial charge in [-0.3, -0.25) is 4.68 Å². The van der Waals surface area contributed by atoms with E-state index in [1.807, 2.05) is 29.1 Å². The molecule has 1 N–H and O–H groups in total. The lowest BCUT2D eigenvalue weighted by atomic mass is 10.3. The second-order valence-corrected chi connectivity index (χ2v) is 6.03. The second kappa shape index (κ2) is 5.10. The van der Waals surface area contributed by atoms with Crippen LogP contribution in [0.25, 0.3) is 0 Å². The average molecular weight is 270 g/mol. The monoisotopic (exact) mass is 269 g/mol. The molecule has 0 saturated carbocycles. The van der Waals surface area contributed by atoms with E-state index in [0.29, 0.717) is 6.04 Å². The highest BCUT2D eigenvalue weighted by atomic mass is 35.5. The summed E-state index contributed by atoms with van der Waals surface area (Å²) < 4.78 is 2.76. The zero-order chi connectivity index (χ0) is 12.4. The molecule has 92 valence electrons. The van der Waals surface area contributed by atoms with Crippen molar-refractivity contribution in [3.63, 3.8) is 0 Å². The van der Waals surface area contributed by atoms with Crippen molar-refractivity contribution >= 4 is 28.8 Å². The SMILES string of the molecule is CC(Nc1ccn(C(C)C)n1)c1ccc(Cl)s1. The fourth-order valence-electron chi connectivity index (χ4n) is 1.56. The predicted molar refractivity (Wildman–Crippen MR) is 74.0 cm³/mol. The third-order valence-electron chi connectivity index (χ3n) is 2.52. The van der Waals surface area contributed by atoms with Crippen LogP contribution >= 0.6 is 22.9 Å². The van der Waals surface area contributed by atoms with E-state index >= 15 is 0 Å². The maximum atomic E-state index is 5.92. The quantitative estimate of drug-likeness (QED) is 0.894. The summed E-state index contributed by atoms with van der Waals surface area (Å²) in [5, 5.41) is 7.83. The van der Waals surface area contributed by atoms with Gasteiger partial charge in [-0.15, -0.1) is 11.3 Å². The Balaban J connectivity index is 2.05. The van der Waals surface area contributed by atoms with Crippen molar-refractivity contribution in [3.8, 4) is 0 Å². The molecule has 0 aliphatic rings. The van der Waals surface area contributed by atoms with E-state index in [1.165, 1.54) is 4.88 Å². The first-order valence-corrected chi connectivity index (χ1v) is 6.82. The molecule has 1 unspecified atom stereocenters. The number of thiophene rings is 1. The molecule has 0 aliphatic carbocycles. The Labute approximate surface area is 110 Å². The van der Waals surface area contributed by atoms with Crippen LogP contribution in [0.4, 0.5) is 5.82 Å². The van der Waals surface area contributed by atoms with Gasteiger partial charge in [0.1, 0.15) is 5.82 Å². The number of halogens is 1. The zero-order valence-electron chi connectivity index (χ0n) is 10.1. The molecule has 2 aromatic heterocycles. The Morgan fingerprint density at radius 2 is 2.06 bits per heavy atom. The van der Waals surface area contributed by atoms with Crippen molar-refractivity contribution in [2.75, 3.05) is 5.32 Å². The number of hydrogen-bond donors (Lipinski definition) is 1. The van der Waals surface area contributed by atoms with E-state index in [4.69, 9.17) is 11.6 Å². The molecule has 0 bridgehead atoms. The number of nitrogens with one attached hydrogen (secondary N) is 1. The second-order valence-electron chi connectivity index (χ2n) is 4.28. The molecular weight excluding hydrogens is 254 g/mol. The van der Waals surface area contributed by atoms with E-state index in [1.54, 1.807) is 11.3 Å². The van der Waals surface area contributed by atoms with Crippen LogP contribution in [0.3, 0.4) is 0 Å². The van der Waals surface area contributed by atoms with Gasteiger partial charge in [0.25, 0.3) is 0 Å². The first-order valence-electron chi connectivity index (χ1n) is 5.63. The fourth-order valence-corrected chi connectivity index (χ4v) is 2.62. The van der Waals surface area contributed by atoms with E-state index in [9.17, 15) is 0 Å². The Kier molecular flexibility index (Phi) is 3.74. The van der Waals surface area contributed by atoms with Crippen LogP contribution in [0.5, 0.6) is 0 Å². The molecule has 17 heavy (non-hydrogen) atoms. The molecule has 0 amide bonds. The van der Waals surface area contributed by atoms with Crippen molar-refractivity contribution in [1.29, 1.82) is 0 Å². The Bertz CT molecular complexity index is 489. The van der Waals surface area contributed by atoms with Gasteiger partial charge < -0.3 is 5.32 Å². The lowest BCUT2D eigenvalue weighted by Gasteiger charge is -2.11. The first kappa shape index (κ1) is 12.5. The highest BCUT2D eigenvalue weighted by Gasteiger charge is 2.10. The Hall–Kier alpha value is -1.000. The van der Waals surface area contributed by atoms with Crippen LogP contribution in [0, 0.1) is 0 Å². The van der Waals surface area contributed by atoms with Crippen LogP contribution in [0.15, 0.2) is 24.4 Å². The minimum Gasteiger partial charge on any atom is -0.361 e. The largest absolute Gasteiger partial charge is 0.361 e. The van der Waals surface area contributed by atoms with Gasteiger partial charge >= 0.3 is 0 Å². The van der Waals surface area contributed by atoms with Crippen molar-refractivity contribution in [1.82, 2.24) is 9.78 Å². The van der Waals surface area contributed by atoms with Crippen molar-refractivity contribution < 1.29 is 0 Å². The molecule has 0 fully saturated rings. The predicted octanol–water partition coefficient (Wildman–Crippen LogP) is 4.35. The van der Waals surface area contributed by atoms with Crippen LogP contribution in [0.1, 0.15) is 37.7 Å². The minimum atomic E-state index is 0.225. The normalized spacial score (nSPS) is 13.0. The molecule has 0 aliphatic heterocycles. The van der Waals surface area contributed by atoms with Gasteiger partial charge in [0.15, 0.2) is 0 Å². The van der Waals surface area contributed by atoms with E-state index < -0.39 is 0 Å². The summed E-state index contributed by atoms with van der Waals surface area (Å²) in [6, 6.07) is 6.57. The van der Waals surface area contributed by atoms with E-state index in [2.05, 4.69) is 31.2 Å². The third-order valence-corrected chi connectivity index (χ3v) is 3.94. The van der Waals surface area contributed by atoms with Crippen LogP contribution < -0.4 is 5.32 Å². The lowest BCUT2D eigenvalue weighted by Crippen LogP contribution is -2.07. The summed E-state index contributed by atoms with van der Waals surface area (Å²) >= 11 is 7.52. The summed E-state index contributed by atoms with van der Waals surface area (Å²) in [7, 11) is 0. The smallest absolute Gasteiger partial charge is 0.148 e. The maximum absolute atomic E-state index is 5.92. The minimum absolute atomic E-state index is 0.225. The first-order chi connectivity index (χ1) is 8.06. The lowest BCUT2D eigenvalue weighted by molar-refractivity contribution is 0.533. The Morgan fingerprint density at radius 3 is 2.59 bits per heavy atom. The molecule has 3 nitrogen and oxygen atoms in total. The number of anilines is 1. The number of nitrogens with zero attached hydrogens (tertiary/aromatic N) is 2. The van der Waals surface area contributed by atoms with Gasteiger partial charge in [0, 0.05) is 23.2 Å². The van der Waals surface area contributed by atoms with Crippen molar-refractivity contribution in [3.05, 3.63) is 33.6 Å². The maximum Gasteiger partial charge on any atom is 0.148 e. The highest BCUT2D eigenvalue weighted by molar-refractivity contribution is 7.16. The molecule has 1 atom stereocenters. The summed E-state index contributed by atoms with van der Waals surface area (Å²) in [5.74, 6) is 0.899. The Morgan fingerprint density at radius 1 is 1.29 bits per heavy atom. The van der Waals surface area contributed by atoms with Crippen LogP contribution in [-0.4, -0.2) is 9.78 Å². The molecule has 0 spiro atoms. The summed E-state index contributed by atoms with van der Waals surface area (Å²) in [5.41, 5.74) is 0. The molecule has 2 aromatic rings. The molecule has 0 saturated heterocycles. The number of hydrogen-bond acceptors (Lipinski definition) is 3. The summed E-state index contributed by atoms with van der Waals surface area (Å²) in [4.78, 5) is 1.22. The van der Waals surface area contributed by atoms with Gasteiger partial charge in [-0.05, 0) is 32.9 Å². The van der Waals surface area contributed by atoms with Crippen LogP contribution in [0.2, 0.25) is 4.34 Å². The zero-order valence-corrected chi connectivity index (χ0v) is 11.7. The molecule has 0 radical (unpaired) electrons. The molecular formula is C12H16ClN3S. The van der Waals surface area contributed by atoms with Gasteiger partial charge in [-0.2, -0.15) is 5.10 Å². The standard InChI is InChI=1S/C12H16ClN3S/c1-8(2)16-7-6-12(15-16)14-9(3)10-4-5-11(13)17-10/h4-9H,1-3H3,(H,14,15). The third kappa shape index (κ3) is 3.01. The molecule has 2 rings (SSSR count). The highest BCUT2D eigenvalue weighted by Crippen LogP contribution is 2.28. The van der Waals surface area contributed by atoms with E-state index in [0.717, 1.165) is 10.2 Å². The van der Waals surface area contributed by atoms with Crippen molar-refractivity contribution in [2.45, 2.75) is 32.9 Å². The van der Waals surface area contributed by atoms with Gasteiger partial charge in [-0.1, -0.05) is 11.6 Å². The van der Waals surface area contributed by atoms with Crippen LogP contribution in [-0.2, 0) is 0 Å². The number of rotatable bonds is 4. The average Bonchev–Trinajstić information content (AvgIpc) is 2.86. The molecule has 0 aromatic carbocycles. The fraction of sp³-hybridized carbons (Fsp3) is 0.417. The molecule has 2 heterocycles. The summed E-state index contributed by atoms with van der Waals surface area (Å²) in [6.45, 7) is 6.33. The summed E-state index contributed by atoms with van der Waals surface area (Å²) in [6.07, 6.45) is 1.99. The van der Waals surface area contributed by atoms with E-state index in [-0.39, 0.29) is 6.04 Å².